The summed E-state index contributed by atoms with van der Waals surface area (Å²) in [6, 6.07) is 13.9. The first kappa shape index (κ1) is 19.6. The highest BCUT2D eigenvalue weighted by Crippen LogP contribution is 2.20. The van der Waals surface area contributed by atoms with Gasteiger partial charge in [-0.1, -0.05) is 23.7 Å². The minimum absolute atomic E-state index is 0.0106. The highest BCUT2D eigenvalue weighted by molar-refractivity contribution is 6.30. The number of rotatable bonds is 5. The molecule has 1 heterocycles. The number of piperazine rings is 1. The van der Waals surface area contributed by atoms with Gasteiger partial charge in [0.1, 0.15) is 11.6 Å². The SMILES string of the molecule is CC1CN(C(=O)COc2ccc(Cl)cc2)[C@@H](C)CN1Cc1ccc(F)cc1. The van der Waals surface area contributed by atoms with Crippen molar-refractivity contribution in [3.8, 4) is 5.75 Å². The number of hydrogen-bond acceptors (Lipinski definition) is 3. The van der Waals surface area contributed by atoms with Crippen LogP contribution in [0.15, 0.2) is 48.5 Å². The Bertz CT molecular complexity index is 767. The molecule has 1 aliphatic rings. The molecule has 2 atom stereocenters. The molecule has 0 aromatic heterocycles. The van der Waals surface area contributed by atoms with Gasteiger partial charge in [0.15, 0.2) is 6.61 Å². The van der Waals surface area contributed by atoms with Gasteiger partial charge in [0.2, 0.25) is 0 Å². The second kappa shape index (κ2) is 8.72. The van der Waals surface area contributed by atoms with Gasteiger partial charge in [-0.05, 0) is 55.8 Å². The van der Waals surface area contributed by atoms with E-state index >= 15 is 0 Å². The zero-order chi connectivity index (χ0) is 19.4. The molecule has 1 saturated heterocycles. The van der Waals surface area contributed by atoms with Crippen LogP contribution in [0.2, 0.25) is 5.02 Å². The predicted molar refractivity (Wildman–Crippen MR) is 104 cm³/mol. The van der Waals surface area contributed by atoms with Gasteiger partial charge in [0, 0.05) is 36.7 Å². The van der Waals surface area contributed by atoms with Crippen molar-refractivity contribution in [3.63, 3.8) is 0 Å². The Kier molecular flexibility index (Phi) is 6.34. The number of ether oxygens (including phenoxy) is 1. The molecule has 0 bridgehead atoms. The van der Waals surface area contributed by atoms with Crippen molar-refractivity contribution in [1.82, 2.24) is 9.80 Å². The van der Waals surface area contributed by atoms with Crippen LogP contribution in [0.1, 0.15) is 19.4 Å². The second-order valence-electron chi connectivity index (χ2n) is 7.04. The average molecular weight is 391 g/mol. The van der Waals surface area contributed by atoms with E-state index in [-0.39, 0.29) is 30.4 Å². The van der Waals surface area contributed by atoms with Gasteiger partial charge in [0.25, 0.3) is 5.91 Å². The molecule has 144 valence electrons. The third-order valence-corrected chi connectivity index (χ3v) is 5.16. The molecule has 4 nitrogen and oxygen atoms in total. The van der Waals surface area contributed by atoms with Crippen molar-refractivity contribution in [2.24, 2.45) is 0 Å². The van der Waals surface area contributed by atoms with E-state index in [1.807, 2.05) is 24.0 Å². The lowest BCUT2D eigenvalue weighted by atomic mass is 10.1. The van der Waals surface area contributed by atoms with Crippen LogP contribution in [-0.4, -0.2) is 47.5 Å². The largest absolute Gasteiger partial charge is 0.484 e. The fourth-order valence-electron chi connectivity index (χ4n) is 3.35. The number of nitrogens with zero attached hydrogens (tertiary/aromatic N) is 2. The van der Waals surface area contributed by atoms with Crippen molar-refractivity contribution >= 4 is 17.5 Å². The molecule has 0 saturated carbocycles. The smallest absolute Gasteiger partial charge is 0.260 e. The summed E-state index contributed by atoms with van der Waals surface area (Å²) in [5.41, 5.74) is 1.07. The molecule has 27 heavy (non-hydrogen) atoms. The molecular formula is C21H24ClFN2O2. The summed E-state index contributed by atoms with van der Waals surface area (Å²) in [5, 5.41) is 0.633. The van der Waals surface area contributed by atoms with Crippen LogP contribution >= 0.6 is 11.6 Å². The van der Waals surface area contributed by atoms with E-state index in [0.29, 0.717) is 17.3 Å². The Balaban J connectivity index is 1.54. The van der Waals surface area contributed by atoms with Gasteiger partial charge in [0.05, 0.1) is 0 Å². The highest BCUT2D eigenvalue weighted by atomic mass is 35.5. The molecular weight excluding hydrogens is 367 g/mol. The summed E-state index contributed by atoms with van der Waals surface area (Å²) in [7, 11) is 0. The Morgan fingerprint density at radius 3 is 2.41 bits per heavy atom. The first-order chi connectivity index (χ1) is 12.9. The lowest BCUT2D eigenvalue weighted by Gasteiger charge is -2.44. The lowest BCUT2D eigenvalue weighted by molar-refractivity contribution is -0.139. The zero-order valence-electron chi connectivity index (χ0n) is 15.6. The topological polar surface area (TPSA) is 32.8 Å². The predicted octanol–water partition coefficient (Wildman–Crippen LogP) is 3.98. The van der Waals surface area contributed by atoms with Crippen LogP contribution in [0.3, 0.4) is 0 Å². The number of amides is 1. The number of benzene rings is 2. The van der Waals surface area contributed by atoms with E-state index in [9.17, 15) is 9.18 Å². The standard InChI is InChI=1S/C21H24ClFN2O2/c1-15-12-25(21(26)14-27-20-9-5-18(22)6-10-20)16(2)11-24(15)13-17-3-7-19(23)8-4-17/h3-10,15-16H,11-14H2,1-2H3/t15?,16-/m0/s1. The Hall–Kier alpha value is -2.11. The number of hydrogen-bond donors (Lipinski definition) is 0. The maximum absolute atomic E-state index is 13.1. The van der Waals surface area contributed by atoms with Gasteiger partial charge < -0.3 is 9.64 Å². The molecule has 3 rings (SSSR count). The van der Waals surface area contributed by atoms with Crippen molar-refractivity contribution in [1.29, 1.82) is 0 Å². The fraction of sp³-hybridized carbons (Fsp3) is 0.381. The molecule has 1 fully saturated rings. The van der Waals surface area contributed by atoms with Crippen LogP contribution in [0.5, 0.6) is 5.75 Å². The molecule has 2 aromatic carbocycles. The van der Waals surface area contributed by atoms with Crippen molar-refractivity contribution < 1.29 is 13.9 Å². The summed E-state index contributed by atoms with van der Waals surface area (Å²) < 4.78 is 18.7. The van der Waals surface area contributed by atoms with Crippen LogP contribution in [0.25, 0.3) is 0 Å². The maximum atomic E-state index is 13.1. The lowest BCUT2D eigenvalue weighted by Crippen LogP contribution is -2.58. The molecule has 1 aliphatic heterocycles. The highest BCUT2D eigenvalue weighted by Gasteiger charge is 2.32. The first-order valence-electron chi connectivity index (χ1n) is 9.08. The van der Waals surface area contributed by atoms with Crippen LogP contribution in [-0.2, 0) is 11.3 Å². The zero-order valence-corrected chi connectivity index (χ0v) is 16.3. The van der Waals surface area contributed by atoms with E-state index < -0.39 is 0 Å². The maximum Gasteiger partial charge on any atom is 0.260 e. The number of carbonyl (C=O) groups excluding carboxylic acids is 1. The normalized spacial score (nSPS) is 20.5. The minimum atomic E-state index is -0.226. The van der Waals surface area contributed by atoms with Gasteiger partial charge in [-0.3, -0.25) is 9.69 Å². The average Bonchev–Trinajstić information content (AvgIpc) is 2.65. The quantitative estimate of drug-likeness (QED) is 0.774. The third kappa shape index (κ3) is 5.21. The van der Waals surface area contributed by atoms with Crippen molar-refractivity contribution in [3.05, 3.63) is 64.9 Å². The van der Waals surface area contributed by atoms with Gasteiger partial charge in [-0.25, -0.2) is 4.39 Å². The van der Waals surface area contributed by atoms with Crippen molar-refractivity contribution in [2.45, 2.75) is 32.5 Å². The van der Waals surface area contributed by atoms with Gasteiger partial charge in [-0.15, -0.1) is 0 Å². The molecule has 0 N–H and O–H groups in total. The monoisotopic (exact) mass is 390 g/mol. The van der Waals surface area contributed by atoms with E-state index in [4.69, 9.17) is 16.3 Å². The number of halogens is 2. The second-order valence-corrected chi connectivity index (χ2v) is 7.48. The fourth-order valence-corrected chi connectivity index (χ4v) is 3.48. The van der Waals surface area contributed by atoms with E-state index in [1.54, 1.807) is 24.3 Å². The minimum Gasteiger partial charge on any atom is -0.484 e. The molecule has 1 amide bonds. The Morgan fingerprint density at radius 1 is 1.07 bits per heavy atom. The molecule has 0 spiro atoms. The van der Waals surface area contributed by atoms with Crippen LogP contribution in [0, 0.1) is 5.82 Å². The third-order valence-electron chi connectivity index (χ3n) is 4.91. The molecule has 1 unspecified atom stereocenters. The van der Waals surface area contributed by atoms with Gasteiger partial charge >= 0.3 is 0 Å². The Morgan fingerprint density at radius 2 is 1.74 bits per heavy atom. The molecule has 0 radical (unpaired) electrons. The van der Waals surface area contributed by atoms with Crippen molar-refractivity contribution in [2.75, 3.05) is 19.7 Å². The Labute approximate surface area is 164 Å². The number of carbonyl (C=O) groups is 1. The summed E-state index contributed by atoms with van der Waals surface area (Å²) >= 11 is 5.86. The van der Waals surface area contributed by atoms with Crippen LogP contribution < -0.4 is 4.74 Å². The summed E-state index contributed by atoms with van der Waals surface area (Å²) in [4.78, 5) is 16.8. The van der Waals surface area contributed by atoms with E-state index in [1.165, 1.54) is 12.1 Å². The van der Waals surface area contributed by atoms with E-state index in [0.717, 1.165) is 18.7 Å². The summed E-state index contributed by atoms with van der Waals surface area (Å²) in [5.74, 6) is 0.380. The molecule has 0 aliphatic carbocycles. The van der Waals surface area contributed by atoms with Crippen LogP contribution in [0.4, 0.5) is 4.39 Å². The molecule has 2 aromatic rings. The summed E-state index contributed by atoms with van der Waals surface area (Å²) in [6.07, 6.45) is 0. The van der Waals surface area contributed by atoms with E-state index in [2.05, 4.69) is 11.8 Å². The molecule has 6 heteroatoms. The van der Waals surface area contributed by atoms with Gasteiger partial charge in [-0.2, -0.15) is 0 Å². The summed E-state index contributed by atoms with van der Waals surface area (Å²) in [6.45, 7) is 6.32. The first-order valence-corrected chi connectivity index (χ1v) is 9.46.